The van der Waals surface area contributed by atoms with E-state index in [2.05, 4.69) is 9.82 Å². The van der Waals surface area contributed by atoms with Gasteiger partial charge in [-0.1, -0.05) is 6.42 Å². The van der Waals surface area contributed by atoms with Gasteiger partial charge in [-0.15, -0.1) is 0 Å². The maximum atomic E-state index is 12.6. The van der Waals surface area contributed by atoms with E-state index in [1.165, 1.54) is 6.42 Å². The maximum Gasteiger partial charge on any atom is 0.263 e. The molecule has 0 atom stereocenters. The first-order valence-electron chi connectivity index (χ1n) is 7.85. The molecule has 0 saturated heterocycles. The van der Waals surface area contributed by atoms with E-state index in [0.717, 1.165) is 36.3 Å². The first-order valence-corrected chi connectivity index (χ1v) is 9.34. The first kappa shape index (κ1) is 14.6. The number of nitrogens with one attached hydrogen (secondary N) is 1. The number of aromatic nitrogens is 2. The van der Waals surface area contributed by atoms with Crippen molar-refractivity contribution in [2.24, 2.45) is 7.05 Å². The summed E-state index contributed by atoms with van der Waals surface area (Å²) in [5, 5.41) is 4.44. The average Bonchev–Trinajstić information content (AvgIpc) is 3.03. The van der Waals surface area contributed by atoms with Gasteiger partial charge >= 0.3 is 0 Å². The van der Waals surface area contributed by atoms with Gasteiger partial charge in [-0.05, 0) is 36.6 Å². The highest BCUT2D eigenvalue weighted by atomic mass is 32.2. The second-order valence-corrected chi connectivity index (χ2v) is 7.86. The Kier molecular flexibility index (Phi) is 3.33. The molecule has 1 N–H and O–H groups in total. The van der Waals surface area contributed by atoms with Gasteiger partial charge in [-0.25, -0.2) is 8.42 Å². The summed E-state index contributed by atoms with van der Waals surface area (Å²) in [5.74, 6) is 1.75. The van der Waals surface area contributed by atoms with Gasteiger partial charge in [-0.3, -0.25) is 9.40 Å². The van der Waals surface area contributed by atoms with Gasteiger partial charge in [0.05, 0.1) is 17.2 Å². The van der Waals surface area contributed by atoms with Gasteiger partial charge < -0.3 is 4.74 Å². The monoisotopic (exact) mass is 333 g/mol. The van der Waals surface area contributed by atoms with Crippen LogP contribution >= 0.6 is 0 Å². The largest absolute Gasteiger partial charge is 0.493 e. The Balaban J connectivity index is 1.61. The van der Waals surface area contributed by atoms with Crippen molar-refractivity contribution < 1.29 is 13.2 Å². The molecule has 0 unspecified atom stereocenters. The molecule has 7 heteroatoms. The lowest BCUT2D eigenvalue weighted by molar-refractivity contribution is 0.356. The highest BCUT2D eigenvalue weighted by molar-refractivity contribution is 7.92. The van der Waals surface area contributed by atoms with E-state index in [-0.39, 0.29) is 4.90 Å². The summed E-state index contributed by atoms with van der Waals surface area (Å²) < 4.78 is 34.9. The minimum atomic E-state index is -3.62. The zero-order valence-electron chi connectivity index (χ0n) is 12.9. The minimum Gasteiger partial charge on any atom is -0.493 e. The van der Waals surface area contributed by atoms with Gasteiger partial charge in [-0.2, -0.15) is 5.10 Å². The summed E-state index contributed by atoms with van der Waals surface area (Å²) in [5.41, 5.74) is 1.91. The molecule has 1 saturated carbocycles. The molecule has 122 valence electrons. The molecule has 0 bridgehead atoms. The number of hydrogen-bond donors (Lipinski definition) is 1. The fraction of sp³-hybridized carbons (Fsp3) is 0.438. The predicted octanol–water partition coefficient (Wildman–Crippen LogP) is 2.42. The fourth-order valence-electron chi connectivity index (χ4n) is 3.02. The van der Waals surface area contributed by atoms with Gasteiger partial charge in [0, 0.05) is 25.5 Å². The number of anilines is 1. The minimum absolute atomic E-state index is 0.258. The third-order valence-electron chi connectivity index (χ3n) is 4.63. The normalized spacial score (nSPS) is 17.4. The number of sulfonamides is 1. The molecule has 2 heterocycles. The maximum absolute atomic E-state index is 12.6. The summed E-state index contributed by atoms with van der Waals surface area (Å²) in [6.45, 7) is 0.610. The zero-order valence-corrected chi connectivity index (χ0v) is 13.8. The van der Waals surface area contributed by atoms with E-state index < -0.39 is 10.0 Å². The third kappa shape index (κ3) is 2.59. The summed E-state index contributed by atoms with van der Waals surface area (Å²) >= 11 is 0. The smallest absolute Gasteiger partial charge is 0.263 e. The van der Waals surface area contributed by atoms with Crippen molar-refractivity contribution in [1.82, 2.24) is 9.78 Å². The van der Waals surface area contributed by atoms with Crippen LogP contribution in [0, 0.1) is 0 Å². The fourth-order valence-corrected chi connectivity index (χ4v) is 4.14. The molecule has 0 spiro atoms. The number of hydrogen-bond acceptors (Lipinski definition) is 4. The standard InChI is InChI=1S/C16H19N3O3S/c1-19-16(10-14(17-19)11-3-2-4-11)18-23(20,21)13-5-6-15-12(9-13)7-8-22-15/h5-6,9-11,18H,2-4,7-8H2,1H3. The van der Waals surface area contributed by atoms with Crippen molar-refractivity contribution >= 4 is 15.8 Å². The molecule has 0 amide bonds. The second-order valence-electron chi connectivity index (χ2n) is 6.18. The van der Waals surface area contributed by atoms with Crippen LogP contribution in [-0.4, -0.2) is 24.8 Å². The lowest BCUT2D eigenvalue weighted by Crippen LogP contribution is -2.15. The van der Waals surface area contributed by atoms with Crippen LogP contribution in [0.5, 0.6) is 5.75 Å². The quantitative estimate of drug-likeness (QED) is 0.932. The molecule has 1 aliphatic carbocycles. The van der Waals surface area contributed by atoms with Gasteiger partial charge in [0.15, 0.2) is 0 Å². The number of ether oxygens (including phenoxy) is 1. The van der Waals surface area contributed by atoms with Gasteiger partial charge in [0.2, 0.25) is 0 Å². The Morgan fingerprint density at radius 3 is 2.87 bits per heavy atom. The molecular formula is C16H19N3O3S. The summed E-state index contributed by atoms with van der Waals surface area (Å²) in [7, 11) is -1.86. The van der Waals surface area contributed by atoms with Crippen LogP contribution in [0.2, 0.25) is 0 Å². The van der Waals surface area contributed by atoms with Crippen molar-refractivity contribution in [3.05, 3.63) is 35.5 Å². The number of fused-ring (bicyclic) bond motifs is 1. The van der Waals surface area contributed by atoms with E-state index in [1.807, 2.05) is 6.07 Å². The number of nitrogens with zero attached hydrogens (tertiary/aromatic N) is 2. The molecule has 6 nitrogen and oxygen atoms in total. The van der Waals surface area contributed by atoms with Crippen molar-refractivity contribution in [1.29, 1.82) is 0 Å². The van der Waals surface area contributed by atoms with E-state index in [4.69, 9.17) is 4.74 Å². The van der Waals surface area contributed by atoms with Crippen molar-refractivity contribution in [2.75, 3.05) is 11.3 Å². The highest BCUT2D eigenvalue weighted by Crippen LogP contribution is 2.36. The van der Waals surface area contributed by atoms with E-state index in [1.54, 1.807) is 29.9 Å². The third-order valence-corrected chi connectivity index (χ3v) is 5.98. The Morgan fingerprint density at radius 2 is 2.13 bits per heavy atom. The molecule has 2 aromatic rings. The van der Waals surface area contributed by atoms with Crippen LogP contribution in [0.1, 0.15) is 36.4 Å². The molecule has 1 aliphatic heterocycles. The van der Waals surface area contributed by atoms with E-state index in [0.29, 0.717) is 18.3 Å². The predicted molar refractivity (Wildman–Crippen MR) is 86.2 cm³/mol. The Hall–Kier alpha value is -2.02. The molecule has 1 aromatic heterocycles. The highest BCUT2D eigenvalue weighted by Gasteiger charge is 2.25. The second kappa shape index (κ2) is 5.26. The zero-order chi connectivity index (χ0) is 16.0. The van der Waals surface area contributed by atoms with Crippen LogP contribution in [0.4, 0.5) is 5.82 Å². The van der Waals surface area contributed by atoms with Crippen molar-refractivity contribution in [3.63, 3.8) is 0 Å². The molecule has 0 radical (unpaired) electrons. The summed E-state index contributed by atoms with van der Waals surface area (Å²) in [6, 6.07) is 6.83. The molecule has 1 fully saturated rings. The lowest BCUT2D eigenvalue weighted by atomic mass is 9.83. The van der Waals surface area contributed by atoms with Crippen LogP contribution in [-0.2, 0) is 23.5 Å². The van der Waals surface area contributed by atoms with Crippen molar-refractivity contribution in [3.8, 4) is 5.75 Å². The number of aryl methyl sites for hydroxylation is 1. The summed E-state index contributed by atoms with van der Waals surface area (Å²) in [4.78, 5) is 0.258. The Morgan fingerprint density at radius 1 is 1.30 bits per heavy atom. The van der Waals surface area contributed by atoms with Crippen LogP contribution in [0.3, 0.4) is 0 Å². The SMILES string of the molecule is Cn1nc(C2CCC2)cc1NS(=O)(=O)c1ccc2c(c1)CCO2. The topological polar surface area (TPSA) is 73.2 Å². The Labute approximate surface area is 135 Å². The molecule has 1 aromatic carbocycles. The molecule has 4 rings (SSSR count). The number of benzene rings is 1. The van der Waals surface area contributed by atoms with Gasteiger partial charge in [0.25, 0.3) is 10.0 Å². The molecule has 23 heavy (non-hydrogen) atoms. The van der Waals surface area contributed by atoms with E-state index in [9.17, 15) is 8.42 Å². The van der Waals surface area contributed by atoms with Crippen LogP contribution < -0.4 is 9.46 Å². The van der Waals surface area contributed by atoms with Gasteiger partial charge in [0.1, 0.15) is 11.6 Å². The molecule has 2 aliphatic rings. The Bertz CT molecular complexity index is 853. The summed E-state index contributed by atoms with van der Waals surface area (Å²) in [6.07, 6.45) is 4.23. The average molecular weight is 333 g/mol. The van der Waals surface area contributed by atoms with Crippen molar-refractivity contribution in [2.45, 2.75) is 36.5 Å². The first-order chi connectivity index (χ1) is 11.0. The van der Waals surface area contributed by atoms with Crippen LogP contribution in [0.25, 0.3) is 0 Å². The van der Waals surface area contributed by atoms with Crippen LogP contribution in [0.15, 0.2) is 29.2 Å². The molecular weight excluding hydrogens is 314 g/mol. The number of rotatable bonds is 4. The van der Waals surface area contributed by atoms with E-state index >= 15 is 0 Å². The lowest BCUT2D eigenvalue weighted by Gasteiger charge is -2.22.